The van der Waals surface area contributed by atoms with Crippen LogP contribution in [-0.4, -0.2) is 22.7 Å². The number of nitrogens with zero attached hydrogens (tertiary/aromatic N) is 2. The Bertz CT molecular complexity index is 725. The third-order valence-electron chi connectivity index (χ3n) is 4.15. The highest BCUT2D eigenvalue weighted by Gasteiger charge is 2.28. The zero-order chi connectivity index (χ0) is 18.4. The molecule has 0 saturated carbocycles. The Labute approximate surface area is 153 Å². The first-order valence-corrected chi connectivity index (χ1v) is 9.47. The zero-order valence-electron chi connectivity index (χ0n) is 15.7. The summed E-state index contributed by atoms with van der Waals surface area (Å²) in [4.78, 5) is 12.5. The topological polar surface area (TPSA) is 64.1 Å². The molecule has 1 N–H and O–H groups in total. The van der Waals surface area contributed by atoms with Gasteiger partial charge in [0.15, 0.2) is 0 Å². The Hall–Kier alpha value is -1.95. The average molecular weight is 362 g/mol. The number of hydrogen-bond acceptors (Lipinski definition) is 5. The van der Waals surface area contributed by atoms with Crippen LogP contribution < -0.4 is 10.1 Å². The third-order valence-corrected chi connectivity index (χ3v) is 5.13. The molecule has 1 heterocycles. The molecule has 6 heteroatoms. The Morgan fingerprint density at radius 1 is 1.28 bits per heavy atom. The molecule has 25 heavy (non-hydrogen) atoms. The van der Waals surface area contributed by atoms with E-state index in [0.29, 0.717) is 11.7 Å². The van der Waals surface area contributed by atoms with Gasteiger partial charge in [0.05, 0.1) is 6.61 Å². The molecule has 0 radical (unpaired) electrons. The molecule has 0 spiro atoms. The molecule has 0 saturated heterocycles. The molecule has 136 valence electrons. The van der Waals surface area contributed by atoms with Gasteiger partial charge in [0.25, 0.3) is 0 Å². The number of carbonyl (C=O) groups excluding carboxylic acids is 1. The fourth-order valence-electron chi connectivity index (χ4n) is 2.39. The highest BCUT2D eigenvalue weighted by atomic mass is 32.1. The minimum atomic E-state index is -0.483. The smallest absolute Gasteiger partial charge is 0.231 e. The molecule has 1 aromatic heterocycles. The van der Waals surface area contributed by atoms with E-state index in [-0.39, 0.29) is 5.91 Å². The van der Waals surface area contributed by atoms with Crippen molar-refractivity contribution in [3.8, 4) is 5.75 Å². The number of ether oxygens (including phenoxy) is 1. The van der Waals surface area contributed by atoms with Crippen molar-refractivity contribution in [3.05, 3.63) is 34.3 Å². The summed E-state index contributed by atoms with van der Waals surface area (Å²) < 4.78 is 5.88. The van der Waals surface area contributed by atoms with Gasteiger partial charge in [-0.2, -0.15) is 0 Å². The average Bonchev–Trinajstić information content (AvgIpc) is 3.02. The molecule has 0 fully saturated rings. The van der Waals surface area contributed by atoms with Crippen LogP contribution in [0, 0.1) is 19.3 Å². The largest absolute Gasteiger partial charge is 0.493 e. The van der Waals surface area contributed by atoms with Crippen molar-refractivity contribution in [1.82, 2.24) is 10.2 Å². The second-order valence-corrected chi connectivity index (χ2v) is 7.98. The second kappa shape index (κ2) is 8.43. The van der Waals surface area contributed by atoms with Crippen LogP contribution >= 0.6 is 11.3 Å². The fraction of sp³-hybridized carbons (Fsp3) is 0.526. The van der Waals surface area contributed by atoms with Crippen molar-refractivity contribution in [2.45, 2.75) is 53.9 Å². The Morgan fingerprint density at radius 2 is 2.04 bits per heavy atom. The monoisotopic (exact) mass is 361 g/mol. The van der Waals surface area contributed by atoms with E-state index in [4.69, 9.17) is 4.74 Å². The van der Waals surface area contributed by atoms with Gasteiger partial charge in [-0.05, 0) is 50.3 Å². The molecule has 0 atom stereocenters. The van der Waals surface area contributed by atoms with Gasteiger partial charge in [-0.1, -0.05) is 44.2 Å². The molecule has 1 aromatic carbocycles. The van der Waals surface area contributed by atoms with Gasteiger partial charge >= 0.3 is 0 Å². The summed E-state index contributed by atoms with van der Waals surface area (Å²) in [7, 11) is 0. The minimum absolute atomic E-state index is 0.0296. The van der Waals surface area contributed by atoms with Crippen LogP contribution in [-0.2, 0) is 11.2 Å². The van der Waals surface area contributed by atoms with Crippen LogP contribution in [0.25, 0.3) is 0 Å². The van der Waals surface area contributed by atoms with Crippen molar-refractivity contribution < 1.29 is 9.53 Å². The molecular weight excluding hydrogens is 334 g/mol. The Kier molecular flexibility index (Phi) is 6.53. The third kappa shape index (κ3) is 5.53. The predicted octanol–water partition coefficient (Wildman–Crippen LogP) is 4.54. The van der Waals surface area contributed by atoms with Crippen molar-refractivity contribution >= 4 is 22.4 Å². The number of amides is 1. The van der Waals surface area contributed by atoms with Crippen molar-refractivity contribution in [3.63, 3.8) is 0 Å². The van der Waals surface area contributed by atoms with Gasteiger partial charge in [-0.3, -0.25) is 4.79 Å². The first-order chi connectivity index (χ1) is 11.8. The maximum absolute atomic E-state index is 12.5. The highest BCUT2D eigenvalue weighted by Crippen LogP contribution is 2.26. The lowest BCUT2D eigenvalue weighted by Gasteiger charge is -2.22. The fourth-order valence-corrected chi connectivity index (χ4v) is 3.06. The van der Waals surface area contributed by atoms with E-state index in [1.165, 1.54) is 16.9 Å². The summed E-state index contributed by atoms with van der Waals surface area (Å²) in [6.45, 7) is 10.6. The molecule has 2 aromatic rings. The maximum atomic E-state index is 12.5. The van der Waals surface area contributed by atoms with E-state index < -0.39 is 5.41 Å². The van der Waals surface area contributed by atoms with E-state index in [0.717, 1.165) is 35.6 Å². The highest BCUT2D eigenvalue weighted by molar-refractivity contribution is 7.15. The molecule has 0 aliphatic heterocycles. The van der Waals surface area contributed by atoms with Gasteiger partial charge in [-0.15, -0.1) is 10.2 Å². The van der Waals surface area contributed by atoms with Crippen LogP contribution in [0.1, 0.15) is 49.7 Å². The van der Waals surface area contributed by atoms with Gasteiger partial charge < -0.3 is 10.1 Å². The van der Waals surface area contributed by atoms with E-state index >= 15 is 0 Å². The summed E-state index contributed by atoms with van der Waals surface area (Å²) in [6.07, 6.45) is 2.37. The maximum Gasteiger partial charge on any atom is 0.231 e. The lowest BCUT2D eigenvalue weighted by Crippen LogP contribution is -2.31. The van der Waals surface area contributed by atoms with Crippen LogP contribution in [0.4, 0.5) is 5.13 Å². The molecule has 0 aliphatic rings. The molecule has 1 amide bonds. The number of anilines is 1. The summed E-state index contributed by atoms with van der Waals surface area (Å²) in [5.41, 5.74) is 1.83. The van der Waals surface area contributed by atoms with Crippen molar-refractivity contribution in [2.75, 3.05) is 11.9 Å². The summed E-state index contributed by atoms with van der Waals surface area (Å²) in [5, 5.41) is 12.4. The van der Waals surface area contributed by atoms with Gasteiger partial charge in [0, 0.05) is 5.41 Å². The Balaban J connectivity index is 1.81. The Morgan fingerprint density at radius 3 is 2.72 bits per heavy atom. The quantitative estimate of drug-likeness (QED) is 0.701. The summed E-state index contributed by atoms with van der Waals surface area (Å²) in [6, 6.07) is 6.19. The first kappa shape index (κ1) is 19.4. The number of aryl methyl sites for hydroxylation is 3. The van der Waals surface area contributed by atoms with Crippen LogP contribution in [0.3, 0.4) is 0 Å². The second-order valence-electron chi connectivity index (χ2n) is 6.91. The van der Waals surface area contributed by atoms with E-state index in [9.17, 15) is 4.79 Å². The van der Waals surface area contributed by atoms with Gasteiger partial charge in [-0.25, -0.2) is 0 Å². The molecular formula is C19H27N3O2S. The molecule has 5 nitrogen and oxygen atoms in total. The number of carbonyl (C=O) groups is 1. The number of nitrogens with one attached hydrogen (secondary N) is 1. The number of rotatable bonds is 8. The van der Waals surface area contributed by atoms with Crippen molar-refractivity contribution in [2.24, 2.45) is 5.41 Å². The predicted molar refractivity (Wildman–Crippen MR) is 102 cm³/mol. The summed E-state index contributed by atoms with van der Waals surface area (Å²) in [5.74, 6) is 0.890. The molecule has 0 bridgehead atoms. The summed E-state index contributed by atoms with van der Waals surface area (Å²) >= 11 is 1.43. The lowest BCUT2D eigenvalue weighted by molar-refractivity contribution is -0.124. The molecule has 0 aliphatic carbocycles. The number of hydrogen-bond donors (Lipinski definition) is 1. The normalized spacial score (nSPS) is 11.4. The van der Waals surface area contributed by atoms with Crippen molar-refractivity contribution in [1.29, 1.82) is 0 Å². The number of aromatic nitrogens is 2. The standard InChI is InChI=1S/C19H27N3O2S/c1-6-16-21-22-18(25-16)20-17(23)19(4,5)10-7-11-24-15-12-13(2)8-9-14(15)3/h8-9,12H,6-7,10-11H2,1-5H3,(H,20,22,23). The van der Waals surface area contributed by atoms with E-state index in [2.05, 4.69) is 34.6 Å². The number of benzene rings is 1. The lowest BCUT2D eigenvalue weighted by atomic mass is 9.87. The molecule has 0 unspecified atom stereocenters. The minimum Gasteiger partial charge on any atom is -0.493 e. The first-order valence-electron chi connectivity index (χ1n) is 8.65. The molecule has 2 rings (SSSR count). The van der Waals surface area contributed by atoms with Gasteiger partial charge in [0.2, 0.25) is 11.0 Å². The van der Waals surface area contributed by atoms with E-state index in [1.807, 2.05) is 33.8 Å². The van der Waals surface area contributed by atoms with Crippen LogP contribution in [0.2, 0.25) is 0 Å². The SMILES string of the molecule is CCc1nnc(NC(=O)C(C)(C)CCCOc2cc(C)ccc2C)s1. The zero-order valence-corrected chi connectivity index (χ0v) is 16.5. The van der Waals surface area contributed by atoms with E-state index in [1.54, 1.807) is 0 Å². The van der Waals surface area contributed by atoms with Gasteiger partial charge in [0.1, 0.15) is 10.8 Å². The van der Waals surface area contributed by atoms with Crippen LogP contribution in [0.5, 0.6) is 5.75 Å². The van der Waals surface area contributed by atoms with Crippen LogP contribution in [0.15, 0.2) is 18.2 Å².